The Morgan fingerprint density at radius 3 is 3.04 bits per heavy atom. The van der Waals surface area contributed by atoms with Crippen molar-refractivity contribution in [2.24, 2.45) is 5.92 Å². The van der Waals surface area contributed by atoms with Crippen LogP contribution in [0.1, 0.15) is 18.4 Å². The molecule has 24 heavy (non-hydrogen) atoms. The minimum absolute atomic E-state index is 0.223. The average Bonchev–Trinajstić information content (AvgIpc) is 3.24. The lowest BCUT2D eigenvalue weighted by atomic mass is 9.98. The van der Waals surface area contributed by atoms with Crippen molar-refractivity contribution in [1.29, 1.82) is 0 Å². The maximum atomic E-state index is 12.8. The van der Waals surface area contributed by atoms with E-state index in [9.17, 15) is 4.79 Å². The fourth-order valence-electron chi connectivity index (χ4n) is 3.91. The first-order valence-corrected chi connectivity index (χ1v) is 8.72. The Labute approximate surface area is 142 Å². The topological polar surface area (TPSA) is 54.3 Å². The molecule has 1 aromatic heterocycles. The molecular weight excluding hydrogens is 302 g/mol. The predicted molar refractivity (Wildman–Crippen MR) is 91.7 cm³/mol. The number of amides is 1. The lowest BCUT2D eigenvalue weighted by molar-refractivity contribution is -0.120. The van der Waals surface area contributed by atoms with Gasteiger partial charge in [0.2, 0.25) is 5.91 Å². The highest BCUT2D eigenvalue weighted by molar-refractivity contribution is 5.96. The number of nitrogens with zero attached hydrogens (tertiary/aromatic N) is 5. The minimum atomic E-state index is 0.223. The number of fused-ring (bicyclic) bond motifs is 1. The van der Waals surface area contributed by atoms with Crippen LogP contribution in [0.3, 0.4) is 0 Å². The molecule has 0 saturated carbocycles. The zero-order chi connectivity index (χ0) is 16.4. The zero-order valence-corrected chi connectivity index (χ0v) is 13.8. The molecule has 1 atom stereocenters. The molecule has 4 rings (SSSR count). The molecule has 6 nitrogen and oxygen atoms in total. The monoisotopic (exact) mass is 325 g/mol. The van der Waals surface area contributed by atoms with Gasteiger partial charge in [-0.25, -0.2) is 4.98 Å². The van der Waals surface area contributed by atoms with Crippen molar-refractivity contribution < 1.29 is 4.79 Å². The Morgan fingerprint density at radius 2 is 2.17 bits per heavy atom. The molecule has 1 fully saturated rings. The molecule has 0 radical (unpaired) electrons. The number of rotatable bonds is 4. The van der Waals surface area contributed by atoms with Gasteiger partial charge in [0, 0.05) is 25.3 Å². The second-order valence-corrected chi connectivity index (χ2v) is 6.78. The summed E-state index contributed by atoms with van der Waals surface area (Å²) in [6, 6.07) is 8.24. The van der Waals surface area contributed by atoms with Crippen molar-refractivity contribution in [3.05, 3.63) is 42.5 Å². The van der Waals surface area contributed by atoms with E-state index in [0.29, 0.717) is 12.5 Å². The highest BCUT2D eigenvalue weighted by Gasteiger charge is 2.27. The Balaban J connectivity index is 1.36. The molecule has 0 aliphatic carbocycles. The van der Waals surface area contributed by atoms with E-state index >= 15 is 0 Å². The van der Waals surface area contributed by atoms with Crippen molar-refractivity contribution in [3.8, 4) is 0 Å². The average molecular weight is 325 g/mol. The van der Waals surface area contributed by atoms with E-state index in [1.54, 1.807) is 12.7 Å². The molecule has 2 aliphatic heterocycles. The lowest BCUT2D eigenvalue weighted by Crippen LogP contribution is -2.44. The summed E-state index contributed by atoms with van der Waals surface area (Å²) in [7, 11) is 0. The third-order valence-corrected chi connectivity index (χ3v) is 5.06. The van der Waals surface area contributed by atoms with Gasteiger partial charge >= 0.3 is 0 Å². The summed E-state index contributed by atoms with van der Waals surface area (Å²) in [5.74, 6) is 0.764. The Morgan fingerprint density at radius 1 is 1.25 bits per heavy atom. The lowest BCUT2D eigenvalue weighted by Gasteiger charge is -2.33. The van der Waals surface area contributed by atoms with E-state index < -0.39 is 0 Å². The van der Waals surface area contributed by atoms with E-state index in [2.05, 4.69) is 27.1 Å². The summed E-state index contributed by atoms with van der Waals surface area (Å²) in [4.78, 5) is 21.0. The first-order valence-electron chi connectivity index (χ1n) is 8.72. The van der Waals surface area contributed by atoms with Crippen LogP contribution >= 0.6 is 0 Å². The van der Waals surface area contributed by atoms with Gasteiger partial charge in [0.15, 0.2) is 0 Å². The summed E-state index contributed by atoms with van der Waals surface area (Å²) >= 11 is 0. The van der Waals surface area contributed by atoms with Gasteiger partial charge in [0.05, 0.1) is 6.54 Å². The molecule has 0 N–H and O–H groups in total. The van der Waals surface area contributed by atoms with Gasteiger partial charge < -0.3 is 4.90 Å². The van der Waals surface area contributed by atoms with Crippen molar-refractivity contribution in [2.45, 2.75) is 25.8 Å². The molecular formula is C18H23N5O. The summed E-state index contributed by atoms with van der Waals surface area (Å²) in [5.41, 5.74) is 2.38. The molecule has 2 aromatic rings. The standard InChI is InChI=1S/C18H23N5O/c24-18(23-9-7-16-5-1-2-6-17(16)23)12-21-8-3-4-15(10-21)11-22-14-19-13-20-22/h1-2,5-6,13-15H,3-4,7-12H2/t15-/m1/s1. The van der Waals surface area contributed by atoms with Gasteiger partial charge in [-0.05, 0) is 43.4 Å². The number of carbonyl (C=O) groups is 1. The quantitative estimate of drug-likeness (QED) is 0.856. The second kappa shape index (κ2) is 6.73. The number of benzene rings is 1. The van der Waals surface area contributed by atoms with Crippen LogP contribution in [-0.2, 0) is 17.8 Å². The van der Waals surface area contributed by atoms with Crippen LogP contribution in [0.5, 0.6) is 0 Å². The van der Waals surface area contributed by atoms with Crippen molar-refractivity contribution >= 4 is 11.6 Å². The third-order valence-electron chi connectivity index (χ3n) is 5.06. The van der Waals surface area contributed by atoms with Gasteiger partial charge in [-0.2, -0.15) is 5.10 Å². The summed E-state index contributed by atoms with van der Waals surface area (Å²) in [5, 5.41) is 4.20. The Bertz CT molecular complexity index is 699. The SMILES string of the molecule is O=C(CN1CCC[C@@H](Cn2cncn2)C1)N1CCc2ccccc21. The van der Waals surface area contributed by atoms with Crippen LogP contribution in [0.4, 0.5) is 5.69 Å². The molecule has 1 amide bonds. The summed E-state index contributed by atoms with van der Waals surface area (Å²) < 4.78 is 1.90. The van der Waals surface area contributed by atoms with Crippen LogP contribution in [0.25, 0.3) is 0 Å². The number of carbonyl (C=O) groups excluding carboxylic acids is 1. The molecule has 2 aliphatic rings. The highest BCUT2D eigenvalue weighted by Crippen LogP contribution is 2.28. The Hall–Kier alpha value is -2.21. The van der Waals surface area contributed by atoms with Crippen LogP contribution in [0, 0.1) is 5.92 Å². The molecule has 6 heteroatoms. The maximum absolute atomic E-state index is 12.8. The smallest absolute Gasteiger partial charge is 0.241 e. The van der Waals surface area contributed by atoms with Crippen molar-refractivity contribution in [3.63, 3.8) is 0 Å². The predicted octanol–water partition coefficient (Wildman–Crippen LogP) is 1.58. The Kier molecular flexibility index (Phi) is 4.30. The van der Waals surface area contributed by atoms with Crippen molar-refractivity contribution in [1.82, 2.24) is 19.7 Å². The van der Waals surface area contributed by atoms with Gasteiger partial charge in [-0.1, -0.05) is 18.2 Å². The second-order valence-electron chi connectivity index (χ2n) is 6.78. The van der Waals surface area contributed by atoms with E-state index in [4.69, 9.17) is 0 Å². The summed E-state index contributed by atoms with van der Waals surface area (Å²) in [6.45, 7) is 4.18. The molecule has 0 bridgehead atoms. The first kappa shape index (κ1) is 15.3. The van der Waals surface area contributed by atoms with E-state index in [1.807, 2.05) is 21.7 Å². The molecule has 0 unspecified atom stereocenters. The number of hydrogen-bond acceptors (Lipinski definition) is 4. The van der Waals surface area contributed by atoms with Gasteiger partial charge in [0.25, 0.3) is 0 Å². The van der Waals surface area contributed by atoms with E-state index in [0.717, 1.165) is 44.7 Å². The molecule has 1 aromatic carbocycles. The number of hydrogen-bond donors (Lipinski definition) is 0. The molecule has 1 saturated heterocycles. The number of anilines is 1. The van der Waals surface area contributed by atoms with Crippen LogP contribution < -0.4 is 4.90 Å². The van der Waals surface area contributed by atoms with Crippen molar-refractivity contribution in [2.75, 3.05) is 31.1 Å². The van der Waals surface area contributed by atoms with Gasteiger partial charge in [-0.3, -0.25) is 14.4 Å². The highest BCUT2D eigenvalue weighted by atomic mass is 16.2. The molecule has 3 heterocycles. The third kappa shape index (κ3) is 3.19. The first-order chi connectivity index (χ1) is 11.8. The van der Waals surface area contributed by atoms with E-state index in [-0.39, 0.29) is 5.91 Å². The van der Waals surface area contributed by atoms with Crippen LogP contribution in [-0.4, -0.2) is 51.8 Å². The van der Waals surface area contributed by atoms with Gasteiger partial charge in [0.1, 0.15) is 12.7 Å². The number of piperidine rings is 1. The molecule has 126 valence electrons. The normalized spacial score (nSPS) is 21.0. The van der Waals surface area contributed by atoms with Crippen LogP contribution in [0.15, 0.2) is 36.9 Å². The molecule has 0 spiro atoms. The summed E-state index contributed by atoms with van der Waals surface area (Å²) in [6.07, 6.45) is 6.65. The zero-order valence-electron chi connectivity index (χ0n) is 13.8. The van der Waals surface area contributed by atoms with E-state index in [1.165, 1.54) is 12.0 Å². The van der Waals surface area contributed by atoms with Gasteiger partial charge in [-0.15, -0.1) is 0 Å². The number of para-hydroxylation sites is 1. The largest absolute Gasteiger partial charge is 0.311 e. The van der Waals surface area contributed by atoms with Crippen LogP contribution in [0.2, 0.25) is 0 Å². The number of likely N-dealkylation sites (tertiary alicyclic amines) is 1. The fourth-order valence-corrected chi connectivity index (χ4v) is 3.91. The maximum Gasteiger partial charge on any atom is 0.241 e. The fraction of sp³-hybridized carbons (Fsp3) is 0.500. The number of aromatic nitrogens is 3. The minimum Gasteiger partial charge on any atom is -0.311 e.